The van der Waals surface area contributed by atoms with E-state index in [1.54, 1.807) is 18.2 Å². The highest BCUT2D eigenvalue weighted by Gasteiger charge is 2.33. The molecule has 140 valence electrons. The molecule has 1 fully saturated rings. The highest BCUT2D eigenvalue weighted by Crippen LogP contribution is 2.34. The first-order valence-corrected chi connectivity index (χ1v) is 10.4. The van der Waals surface area contributed by atoms with E-state index in [1.165, 1.54) is 10.4 Å². The summed E-state index contributed by atoms with van der Waals surface area (Å²) < 4.78 is 27.3. The van der Waals surface area contributed by atoms with Crippen molar-refractivity contribution in [1.82, 2.24) is 9.62 Å². The Morgan fingerprint density at radius 2 is 1.78 bits per heavy atom. The molecule has 0 aromatic heterocycles. The van der Waals surface area contributed by atoms with Gasteiger partial charge in [0.25, 0.3) is 0 Å². The van der Waals surface area contributed by atoms with Crippen LogP contribution in [-0.4, -0.2) is 24.5 Å². The molecule has 2 amide bonds. The van der Waals surface area contributed by atoms with Gasteiger partial charge in [0.15, 0.2) is 0 Å². The average Bonchev–Trinajstić information content (AvgIpc) is 3.06. The first-order chi connectivity index (χ1) is 12.9. The van der Waals surface area contributed by atoms with Crippen LogP contribution in [0, 0.1) is 0 Å². The number of hydrogen-bond donors (Lipinski definition) is 1. The Bertz CT molecular complexity index is 1050. The van der Waals surface area contributed by atoms with Crippen LogP contribution in [0.5, 0.6) is 0 Å². The number of imide groups is 1. The van der Waals surface area contributed by atoms with Crippen LogP contribution < -0.4 is 5.32 Å². The molecule has 1 atom stereocenters. The van der Waals surface area contributed by atoms with Gasteiger partial charge in [-0.15, -0.1) is 0 Å². The van der Waals surface area contributed by atoms with E-state index in [-0.39, 0.29) is 40.7 Å². The summed E-state index contributed by atoms with van der Waals surface area (Å²) in [4.78, 5) is 23.5. The van der Waals surface area contributed by atoms with Crippen molar-refractivity contribution in [2.75, 3.05) is 0 Å². The fourth-order valence-electron chi connectivity index (χ4n) is 3.57. The standard InChI is InChI=1S/C19H17ClN2O4S/c20-16-3-1-2-4-17(16)27(25,26)22-10-13-6-5-12(9-14(13)11-22)15-7-8-18(23)21-19(15)24/h1-6,9,15H,7-8,10-11H2,(H,21,23,24). The van der Waals surface area contributed by atoms with Crippen molar-refractivity contribution in [3.05, 3.63) is 64.2 Å². The van der Waals surface area contributed by atoms with Gasteiger partial charge in [0.2, 0.25) is 21.8 Å². The van der Waals surface area contributed by atoms with Gasteiger partial charge in [-0.25, -0.2) is 8.42 Å². The molecule has 2 aliphatic heterocycles. The van der Waals surface area contributed by atoms with E-state index in [0.29, 0.717) is 12.8 Å². The van der Waals surface area contributed by atoms with Gasteiger partial charge in [-0.05, 0) is 35.2 Å². The lowest BCUT2D eigenvalue weighted by atomic mass is 9.89. The molecule has 0 spiro atoms. The monoisotopic (exact) mass is 404 g/mol. The first kappa shape index (κ1) is 18.2. The van der Waals surface area contributed by atoms with Crippen molar-refractivity contribution in [1.29, 1.82) is 0 Å². The minimum Gasteiger partial charge on any atom is -0.296 e. The number of halogens is 1. The molecule has 0 bridgehead atoms. The summed E-state index contributed by atoms with van der Waals surface area (Å²) in [6, 6.07) is 11.9. The van der Waals surface area contributed by atoms with Crippen molar-refractivity contribution in [2.45, 2.75) is 36.7 Å². The zero-order valence-electron chi connectivity index (χ0n) is 14.3. The van der Waals surface area contributed by atoms with E-state index >= 15 is 0 Å². The molecular weight excluding hydrogens is 388 g/mol. The van der Waals surface area contributed by atoms with E-state index in [0.717, 1.165) is 16.7 Å². The summed E-state index contributed by atoms with van der Waals surface area (Å²) in [5.74, 6) is -0.943. The molecule has 0 radical (unpaired) electrons. The summed E-state index contributed by atoms with van der Waals surface area (Å²) >= 11 is 6.08. The smallest absolute Gasteiger partial charge is 0.245 e. The second-order valence-electron chi connectivity index (χ2n) is 6.74. The zero-order chi connectivity index (χ0) is 19.2. The van der Waals surface area contributed by atoms with Crippen LogP contribution in [0.3, 0.4) is 0 Å². The molecule has 6 nitrogen and oxygen atoms in total. The quantitative estimate of drug-likeness (QED) is 0.797. The van der Waals surface area contributed by atoms with Crippen molar-refractivity contribution < 1.29 is 18.0 Å². The third-order valence-corrected chi connectivity index (χ3v) is 7.31. The van der Waals surface area contributed by atoms with E-state index in [2.05, 4.69) is 5.32 Å². The summed E-state index contributed by atoms with van der Waals surface area (Å²) in [7, 11) is -3.72. The second kappa shape index (κ2) is 6.74. The Kier molecular flexibility index (Phi) is 4.53. The largest absolute Gasteiger partial charge is 0.296 e. The van der Waals surface area contributed by atoms with Crippen LogP contribution in [-0.2, 0) is 32.7 Å². The first-order valence-electron chi connectivity index (χ1n) is 8.56. The SMILES string of the molecule is O=C1CCC(c2ccc3c(c2)CN(S(=O)(=O)c2ccccc2Cl)C3)C(=O)N1. The topological polar surface area (TPSA) is 83.6 Å². The third kappa shape index (κ3) is 3.26. The van der Waals surface area contributed by atoms with Crippen LogP contribution >= 0.6 is 11.6 Å². The van der Waals surface area contributed by atoms with Gasteiger partial charge in [0.1, 0.15) is 4.90 Å². The number of carbonyl (C=O) groups is 2. The number of sulfonamides is 1. The fraction of sp³-hybridized carbons (Fsp3) is 0.263. The Morgan fingerprint density at radius 3 is 2.52 bits per heavy atom. The normalized spacial score (nSPS) is 20.4. The van der Waals surface area contributed by atoms with E-state index in [9.17, 15) is 18.0 Å². The number of nitrogens with one attached hydrogen (secondary N) is 1. The number of hydrogen-bond acceptors (Lipinski definition) is 4. The number of nitrogens with zero attached hydrogens (tertiary/aromatic N) is 1. The maximum absolute atomic E-state index is 12.9. The van der Waals surface area contributed by atoms with Gasteiger partial charge in [-0.1, -0.05) is 41.9 Å². The second-order valence-corrected chi connectivity index (χ2v) is 9.05. The van der Waals surface area contributed by atoms with Gasteiger partial charge in [-0.3, -0.25) is 14.9 Å². The number of carbonyl (C=O) groups excluding carboxylic acids is 2. The Morgan fingerprint density at radius 1 is 1.04 bits per heavy atom. The third-order valence-electron chi connectivity index (χ3n) is 5.02. The van der Waals surface area contributed by atoms with Crippen molar-refractivity contribution >= 4 is 33.4 Å². The van der Waals surface area contributed by atoms with Gasteiger partial charge in [0, 0.05) is 19.5 Å². The molecule has 2 heterocycles. The lowest BCUT2D eigenvalue weighted by Gasteiger charge is -2.21. The summed E-state index contributed by atoms with van der Waals surface area (Å²) in [6.45, 7) is 0.489. The predicted octanol–water partition coefficient (Wildman–Crippen LogP) is 2.56. The van der Waals surface area contributed by atoms with Gasteiger partial charge in [-0.2, -0.15) is 4.31 Å². The maximum Gasteiger partial charge on any atom is 0.245 e. The molecule has 0 aliphatic carbocycles. The van der Waals surface area contributed by atoms with Crippen LogP contribution in [0.4, 0.5) is 0 Å². The molecule has 2 aromatic rings. The van der Waals surface area contributed by atoms with Crippen LogP contribution in [0.25, 0.3) is 0 Å². The van der Waals surface area contributed by atoms with E-state index < -0.39 is 10.0 Å². The Labute approximate surface area is 162 Å². The van der Waals surface area contributed by atoms with Crippen molar-refractivity contribution in [3.8, 4) is 0 Å². The minimum absolute atomic E-state index is 0.0878. The minimum atomic E-state index is -3.72. The van der Waals surface area contributed by atoms with Gasteiger partial charge < -0.3 is 0 Å². The van der Waals surface area contributed by atoms with E-state index in [1.807, 2.05) is 18.2 Å². The summed E-state index contributed by atoms with van der Waals surface area (Å²) in [5.41, 5.74) is 2.57. The molecule has 1 unspecified atom stereocenters. The average molecular weight is 405 g/mol. The molecule has 4 rings (SSSR count). The van der Waals surface area contributed by atoms with E-state index in [4.69, 9.17) is 11.6 Å². The highest BCUT2D eigenvalue weighted by atomic mass is 35.5. The molecule has 1 N–H and O–H groups in total. The molecule has 27 heavy (non-hydrogen) atoms. The molecule has 8 heteroatoms. The Balaban J connectivity index is 1.60. The maximum atomic E-state index is 12.9. The number of benzene rings is 2. The summed E-state index contributed by atoms with van der Waals surface area (Å²) in [6.07, 6.45) is 0.769. The molecule has 0 saturated carbocycles. The molecule has 2 aromatic carbocycles. The lowest BCUT2D eigenvalue weighted by Crippen LogP contribution is -2.39. The van der Waals surface area contributed by atoms with Crippen LogP contribution in [0.1, 0.15) is 35.4 Å². The molecule has 2 aliphatic rings. The number of rotatable bonds is 3. The van der Waals surface area contributed by atoms with Crippen LogP contribution in [0.15, 0.2) is 47.4 Å². The number of amides is 2. The lowest BCUT2D eigenvalue weighted by molar-refractivity contribution is -0.134. The number of fused-ring (bicyclic) bond motifs is 1. The number of piperidine rings is 1. The Hall–Kier alpha value is -2.22. The fourth-order valence-corrected chi connectivity index (χ4v) is 5.46. The summed E-state index contributed by atoms with van der Waals surface area (Å²) in [5, 5.41) is 2.55. The van der Waals surface area contributed by atoms with Gasteiger partial charge >= 0.3 is 0 Å². The van der Waals surface area contributed by atoms with Crippen LogP contribution in [0.2, 0.25) is 5.02 Å². The molecular formula is C19H17ClN2O4S. The van der Waals surface area contributed by atoms with Crippen molar-refractivity contribution in [2.24, 2.45) is 0 Å². The predicted molar refractivity (Wildman–Crippen MR) is 99.5 cm³/mol. The molecule has 1 saturated heterocycles. The van der Waals surface area contributed by atoms with Crippen molar-refractivity contribution in [3.63, 3.8) is 0 Å². The highest BCUT2D eigenvalue weighted by molar-refractivity contribution is 7.89. The van der Waals surface area contributed by atoms with Gasteiger partial charge in [0.05, 0.1) is 10.9 Å². The zero-order valence-corrected chi connectivity index (χ0v) is 15.9.